The molecular formula is C10H19O. The molecule has 11 heavy (non-hydrogen) atoms. The number of carbonyl (C=O) groups excluding carboxylic acids is 1. The molecule has 0 amide bonds. The normalized spacial score (nSPS) is 12.1. The predicted octanol–water partition coefficient (Wildman–Crippen LogP) is 2.95. The third-order valence-electron chi connectivity index (χ3n) is 1.86. The Morgan fingerprint density at radius 2 is 1.91 bits per heavy atom. The van der Waals surface area contributed by atoms with Crippen molar-refractivity contribution in [3.05, 3.63) is 0 Å². The lowest BCUT2D eigenvalue weighted by Crippen LogP contribution is -2.12. The highest BCUT2D eigenvalue weighted by Crippen LogP contribution is 2.21. The molecule has 0 aliphatic rings. The van der Waals surface area contributed by atoms with E-state index >= 15 is 0 Å². The summed E-state index contributed by atoms with van der Waals surface area (Å²) >= 11 is 0. The largest absolute Gasteiger partial charge is 0.290 e. The van der Waals surface area contributed by atoms with Gasteiger partial charge in [0.1, 0.15) is 0 Å². The summed E-state index contributed by atoms with van der Waals surface area (Å²) in [7, 11) is 0. The minimum absolute atomic E-state index is 0.227. The van der Waals surface area contributed by atoms with Crippen molar-refractivity contribution < 1.29 is 4.79 Å². The van der Waals surface area contributed by atoms with Gasteiger partial charge in [0.2, 0.25) is 6.29 Å². The van der Waals surface area contributed by atoms with E-state index in [-0.39, 0.29) is 5.41 Å². The van der Waals surface area contributed by atoms with Crippen LogP contribution in [0.25, 0.3) is 0 Å². The van der Waals surface area contributed by atoms with Crippen molar-refractivity contribution in [1.29, 1.82) is 0 Å². The number of rotatable bonds is 5. The second-order valence-electron chi connectivity index (χ2n) is 4.27. The predicted molar refractivity (Wildman–Crippen MR) is 48.2 cm³/mol. The first kappa shape index (κ1) is 10.7. The quantitative estimate of drug-likeness (QED) is 0.596. The van der Waals surface area contributed by atoms with Gasteiger partial charge in [-0.1, -0.05) is 40.5 Å². The first-order valence-corrected chi connectivity index (χ1v) is 4.37. The van der Waals surface area contributed by atoms with Gasteiger partial charge in [0, 0.05) is 5.41 Å². The molecule has 0 saturated heterocycles. The van der Waals surface area contributed by atoms with Crippen LogP contribution in [0.3, 0.4) is 0 Å². The van der Waals surface area contributed by atoms with Gasteiger partial charge in [-0.2, -0.15) is 0 Å². The van der Waals surface area contributed by atoms with Crippen LogP contribution in [-0.4, -0.2) is 6.29 Å². The molecule has 0 spiro atoms. The van der Waals surface area contributed by atoms with Crippen molar-refractivity contribution in [3.8, 4) is 0 Å². The second-order valence-corrected chi connectivity index (χ2v) is 4.27. The van der Waals surface area contributed by atoms with Crippen LogP contribution in [0.15, 0.2) is 0 Å². The van der Waals surface area contributed by atoms with Crippen LogP contribution in [0.4, 0.5) is 0 Å². The fourth-order valence-electron chi connectivity index (χ4n) is 1.00. The first-order chi connectivity index (χ1) is 4.98. The standard InChI is InChI=1S/C10H19O/c1-9(2)6-5-7-10(3,4)8-11/h9H,5-7H2,1-4H3. The highest BCUT2D eigenvalue weighted by atomic mass is 16.1. The summed E-state index contributed by atoms with van der Waals surface area (Å²) < 4.78 is 0. The van der Waals surface area contributed by atoms with Crippen LogP contribution in [0.5, 0.6) is 0 Å². The summed E-state index contributed by atoms with van der Waals surface area (Å²) in [6.07, 6.45) is 5.38. The lowest BCUT2D eigenvalue weighted by Gasteiger charge is -2.15. The summed E-state index contributed by atoms with van der Waals surface area (Å²) in [6, 6.07) is 0. The minimum Gasteiger partial charge on any atom is -0.290 e. The Bertz CT molecular complexity index is 114. The van der Waals surface area contributed by atoms with E-state index in [0.29, 0.717) is 0 Å². The molecular weight excluding hydrogens is 136 g/mol. The molecule has 1 heteroatoms. The molecule has 1 nitrogen and oxygen atoms in total. The Morgan fingerprint density at radius 1 is 1.36 bits per heavy atom. The minimum atomic E-state index is -0.227. The molecule has 1 radical (unpaired) electrons. The molecule has 0 aliphatic heterocycles. The Balaban J connectivity index is 3.45. The van der Waals surface area contributed by atoms with Crippen LogP contribution in [0.1, 0.15) is 47.0 Å². The molecule has 0 heterocycles. The fraction of sp³-hybridized carbons (Fsp3) is 0.900. The van der Waals surface area contributed by atoms with Crippen molar-refractivity contribution in [2.24, 2.45) is 11.3 Å². The summed E-state index contributed by atoms with van der Waals surface area (Å²) in [6.45, 7) is 8.30. The van der Waals surface area contributed by atoms with Crippen molar-refractivity contribution in [2.45, 2.75) is 47.0 Å². The van der Waals surface area contributed by atoms with Gasteiger partial charge in [0.05, 0.1) is 0 Å². The fourth-order valence-corrected chi connectivity index (χ4v) is 1.00. The summed E-state index contributed by atoms with van der Waals surface area (Å²) in [5.41, 5.74) is -0.227. The molecule has 0 saturated carbocycles. The van der Waals surface area contributed by atoms with Crippen LogP contribution in [0, 0.1) is 11.3 Å². The highest BCUT2D eigenvalue weighted by molar-refractivity contribution is 5.58. The molecule has 0 unspecified atom stereocenters. The van der Waals surface area contributed by atoms with E-state index in [0.717, 1.165) is 18.8 Å². The van der Waals surface area contributed by atoms with E-state index in [4.69, 9.17) is 0 Å². The smallest absolute Gasteiger partial charge is 0.204 e. The number of hydrogen-bond acceptors (Lipinski definition) is 1. The van der Waals surface area contributed by atoms with Crippen molar-refractivity contribution in [2.75, 3.05) is 0 Å². The Kier molecular flexibility index (Phi) is 4.39. The maximum absolute atomic E-state index is 10.4. The molecule has 0 aliphatic carbocycles. The first-order valence-electron chi connectivity index (χ1n) is 4.37. The zero-order valence-electron chi connectivity index (χ0n) is 8.11. The van der Waals surface area contributed by atoms with Gasteiger partial charge < -0.3 is 0 Å². The zero-order chi connectivity index (χ0) is 8.91. The molecule has 0 bridgehead atoms. The monoisotopic (exact) mass is 155 g/mol. The summed E-state index contributed by atoms with van der Waals surface area (Å²) in [5.74, 6) is 0.748. The van der Waals surface area contributed by atoms with Gasteiger partial charge in [0.15, 0.2) is 0 Å². The van der Waals surface area contributed by atoms with Crippen molar-refractivity contribution in [1.82, 2.24) is 0 Å². The van der Waals surface area contributed by atoms with E-state index in [1.165, 1.54) is 6.42 Å². The number of hydrogen-bond donors (Lipinski definition) is 0. The molecule has 0 atom stereocenters. The van der Waals surface area contributed by atoms with Crippen LogP contribution in [0.2, 0.25) is 0 Å². The van der Waals surface area contributed by atoms with Crippen LogP contribution >= 0.6 is 0 Å². The maximum atomic E-state index is 10.4. The van der Waals surface area contributed by atoms with E-state index in [1.807, 2.05) is 13.8 Å². The lowest BCUT2D eigenvalue weighted by atomic mass is 9.88. The van der Waals surface area contributed by atoms with Crippen LogP contribution < -0.4 is 0 Å². The Hall–Kier alpha value is -0.330. The Morgan fingerprint density at radius 3 is 2.27 bits per heavy atom. The molecule has 0 fully saturated rings. The van der Waals surface area contributed by atoms with Gasteiger partial charge >= 0.3 is 0 Å². The van der Waals surface area contributed by atoms with Gasteiger partial charge in [-0.15, -0.1) is 0 Å². The van der Waals surface area contributed by atoms with Gasteiger partial charge in [0.25, 0.3) is 0 Å². The van der Waals surface area contributed by atoms with E-state index in [9.17, 15) is 4.79 Å². The molecule has 0 aromatic carbocycles. The molecule has 0 rings (SSSR count). The molecule has 0 N–H and O–H groups in total. The van der Waals surface area contributed by atoms with Gasteiger partial charge in [-0.25, -0.2) is 0 Å². The molecule has 0 aromatic rings. The van der Waals surface area contributed by atoms with E-state index < -0.39 is 0 Å². The zero-order valence-corrected chi connectivity index (χ0v) is 8.11. The second kappa shape index (κ2) is 4.53. The Labute approximate surface area is 70.2 Å². The molecule has 65 valence electrons. The average Bonchev–Trinajstić information content (AvgIpc) is 1.87. The highest BCUT2D eigenvalue weighted by Gasteiger charge is 2.16. The van der Waals surface area contributed by atoms with Crippen LogP contribution in [-0.2, 0) is 4.79 Å². The average molecular weight is 155 g/mol. The maximum Gasteiger partial charge on any atom is 0.204 e. The van der Waals surface area contributed by atoms with Crippen molar-refractivity contribution >= 4 is 6.29 Å². The third kappa shape index (κ3) is 6.08. The summed E-state index contributed by atoms with van der Waals surface area (Å²) in [5, 5.41) is 0. The van der Waals surface area contributed by atoms with Gasteiger partial charge in [-0.05, 0) is 12.3 Å². The summed E-state index contributed by atoms with van der Waals surface area (Å²) in [4.78, 5) is 10.4. The third-order valence-corrected chi connectivity index (χ3v) is 1.86. The SMILES string of the molecule is CC(C)CCCC(C)(C)[C]=O. The van der Waals surface area contributed by atoms with Crippen molar-refractivity contribution in [3.63, 3.8) is 0 Å². The lowest BCUT2D eigenvalue weighted by molar-refractivity contribution is 0.392. The van der Waals surface area contributed by atoms with Gasteiger partial charge in [-0.3, -0.25) is 4.79 Å². The van der Waals surface area contributed by atoms with E-state index in [2.05, 4.69) is 20.1 Å². The topological polar surface area (TPSA) is 17.1 Å². The molecule has 0 aromatic heterocycles. The van der Waals surface area contributed by atoms with E-state index in [1.54, 1.807) is 0 Å².